The second kappa shape index (κ2) is 7.71. The number of fused-ring (bicyclic) bond motifs is 1. The average Bonchev–Trinajstić information content (AvgIpc) is 3.25. The predicted octanol–water partition coefficient (Wildman–Crippen LogP) is 3.80. The smallest absolute Gasteiger partial charge is 0.227 e. The van der Waals surface area contributed by atoms with Crippen molar-refractivity contribution in [2.24, 2.45) is 5.92 Å². The minimum Gasteiger partial charge on any atom is -0.340 e. The van der Waals surface area contributed by atoms with Crippen LogP contribution in [-0.2, 0) is 17.8 Å². The lowest BCUT2D eigenvalue weighted by molar-refractivity contribution is -0.129. The van der Waals surface area contributed by atoms with Crippen LogP contribution in [0.15, 0.2) is 47.2 Å². The summed E-state index contributed by atoms with van der Waals surface area (Å²) in [7, 11) is 0. The van der Waals surface area contributed by atoms with E-state index in [1.165, 1.54) is 24.8 Å². The van der Waals surface area contributed by atoms with Crippen molar-refractivity contribution >= 4 is 17.2 Å². The molecule has 0 bridgehead atoms. The molecule has 0 N–H and O–H groups in total. The third kappa shape index (κ3) is 3.96. The number of benzene rings is 1. The van der Waals surface area contributed by atoms with Crippen LogP contribution in [0.5, 0.6) is 0 Å². The number of hydrogen-bond donors (Lipinski definition) is 0. The largest absolute Gasteiger partial charge is 0.340 e. The van der Waals surface area contributed by atoms with Gasteiger partial charge in [-0.2, -0.15) is 11.3 Å². The van der Waals surface area contributed by atoms with Crippen LogP contribution in [0.4, 0.5) is 0 Å². The van der Waals surface area contributed by atoms with Gasteiger partial charge in [-0.25, -0.2) is 0 Å². The molecule has 4 heteroatoms. The first-order valence-corrected chi connectivity index (χ1v) is 10.3. The van der Waals surface area contributed by atoms with Crippen molar-refractivity contribution in [2.45, 2.75) is 38.3 Å². The Balaban J connectivity index is 1.44. The summed E-state index contributed by atoms with van der Waals surface area (Å²) in [4.78, 5) is 17.5. The van der Waals surface area contributed by atoms with Crippen molar-refractivity contribution in [3.8, 4) is 0 Å². The van der Waals surface area contributed by atoms with Gasteiger partial charge in [0.25, 0.3) is 0 Å². The second-order valence-corrected chi connectivity index (χ2v) is 8.17. The second-order valence-electron chi connectivity index (χ2n) is 7.39. The first-order valence-electron chi connectivity index (χ1n) is 9.36. The fourth-order valence-electron chi connectivity index (χ4n) is 4.34. The Labute approximate surface area is 154 Å². The third-order valence-electron chi connectivity index (χ3n) is 5.66. The number of rotatable bonds is 4. The third-order valence-corrected chi connectivity index (χ3v) is 6.39. The zero-order valence-electron chi connectivity index (χ0n) is 14.6. The standard InChI is InChI=1S/C21H26N2OS/c24-21(12-18-9-11-25-16-18)23-14-19-8-4-5-10-22(20(19)15-23)13-17-6-2-1-3-7-17/h1-3,6-7,9,11,16,19-20H,4-5,8,10,12-15H2/t19-,20+/m0/s1. The Morgan fingerprint density at radius 2 is 1.96 bits per heavy atom. The number of carbonyl (C=O) groups excluding carboxylic acids is 1. The van der Waals surface area contributed by atoms with Crippen molar-refractivity contribution in [1.29, 1.82) is 0 Å². The zero-order valence-corrected chi connectivity index (χ0v) is 15.5. The van der Waals surface area contributed by atoms with E-state index in [1.54, 1.807) is 11.3 Å². The van der Waals surface area contributed by atoms with Gasteiger partial charge in [0.05, 0.1) is 6.42 Å². The first kappa shape index (κ1) is 16.8. The summed E-state index contributed by atoms with van der Waals surface area (Å²) >= 11 is 1.67. The fourth-order valence-corrected chi connectivity index (χ4v) is 5.00. The quantitative estimate of drug-likeness (QED) is 0.834. The molecule has 0 radical (unpaired) electrons. The van der Waals surface area contributed by atoms with E-state index in [9.17, 15) is 4.79 Å². The number of hydrogen-bond acceptors (Lipinski definition) is 3. The highest BCUT2D eigenvalue weighted by atomic mass is 32.1. The van der Waals surface area contributed by atoms with Crippen LogP contribution in [-0.4, -0.2) is 41.4 Å². The molecular weight excluding hydrogens is 328 g/mol. The van der Waals surface area contributed by atoms with Crippen LogP contribution in [0.1, 0.15) is 30.4 Å². The molecule has 2 aromatic rings. The van der Waals surface area contributed by atoms with E-state index >= 15 is 0 Å². The molecule has 0 saturated carbocycles. The highest BCUT2D eigenvalue weighted by Gasteiger charge is 2.39. The average molecular weight is 355 g/mol. The number of nitrogens with zero attached hydrogens (tertiary/aromatic N) is 2. The van der Waals surface area contributed by atoms with Crippen molar-refractivity contribution in [2.75, 3.05) is 19.6 Å². The molecule has 4 rings (SSSR count). The number of likely N-dealkylation sites (tertiary alicyclic amines) is 2. The van der Waals surface area contributed by atoms with Crippen LogP contribution in [0, 0.1) is 5.92 Å². The maximum absolute atomic E-state index is 12.7. The Morgan fingerprint density at radius 3 is 2.76 bits per heavy atom. The van der Waals surface area contributed by atoms with Gasteiger partial charge in [-0.15, -0.1) is 0 Å². The summed E-state index contributed by atoms with van der Waals surface area (Å²) < 4.78 is 0. The fraction of sp³-hybridized carbons (Fsp3) is 0.476. The molecule has 132 valence electrons. The van der Waals surface area contributed by atoms with Gasteiger partial charge in [-0.05, 0) is 53.3 Å². The van der Waals surface area contributed by atoms with Gasteiger partial charge < -0.3 is 4.90 Å². The Morgan fingerprint density at radius 1 is 1.08 bits per heavy atom. The van der Waals surface area contributed by atoms with Crippen molar-refractivity contribution in [1.82, 2.24) is 9.80 Å². The molecule has 2 atom stereocenters. The van der Waals surface area contributed by atoms with Crippen LogP contribution < -0.4 is 0 Å². The zero-order chi connectivity index (χ0) is 17.1. The van der Waals surface area contributed by atoms with Crippen LogP contribution in [0.3, 0.4) is 0 Å². The van der Waals surface area contributed by atoms with Gasteiger partial charge in [0.1, 0.15) is 0 Å². The molecule has 3 heterocycles. The lowest BCUT2D eigenvalue weighted by atomic mass is 9.98. The molecule has 25 heavy (non-hydrogen) atoms. The highest BCUT2D eigenvalue weighted by Crippen LogP contribution is 2.31. The van der Waals surface area contributed by atoms with Crippen molar-refractivity contribution in [3.05, 3.63) is 58.3 Å². The van der Waals surface area contributed by atoms with Gasteiger partial charge in [0.2, 0.25) is 5.91 Å². The molecule has 2 aliphatic rings. The highest BCUT2D eigenvalue weighted by molar-refractivity contribution is 7.08. The lowest BCUT2D eigenvalue weighted by Gasteiger charge is -2.30. The number of carbonyl (C=O) groups is 1. The van der Waals surface area contributed by atoms with E-state index in [2.05, 4.69) is 57.0 Å². The van der Waals surface area contributed by atoms with Crippen LogP contribution >= 0.6 is 11.3 Å². The molecule has 2 saturated heterocycles. The normalized spacial score (nSPS) is 24.1. The van der Waals surface area contributed by atoms with Crippen molar-refractivity contribution < 1.29 is 4.79 Å². The SMILES string of the molecule is O=C(Cc1ccsc1)N1C[C@@H]2CCCCN(Cc3ccccc3)[C@@H]2C1. The minimum atomic E-state index is 0.297. The minimum absolute atomic E-state index is 0.297. The van der Waals surface area contributed by atoms with E-state index in [0.29, 0.717) is 24.3 Å². The molecule has 1 aromatic heterocycles. The molecule has 3 nitrogen and oxygen atoms in total. The van der Waals surface area contributed by atoms with Gasteiger partial charge in [-0.3, -0.25) is 9.69 Å². The maximum atomic E-state index is 12.7. The van der Waals surface area contributed by atoms with Crippen LogP contribution in [0.2, 0.25) is 0 Å². The summed E-state index contributed by atoms with van der Waals surface area (Å²) in [6.45, 7) is 4.01. The van der Waals surface area contributed by atoms with E-state index in [0.717, 1.165) is 31.7 Å². The number of thiophene rings is 1. The van der Waals surface area contributed by atoms with E-state index in [-0.39, 0.29) is 0 Å². The molecule has 1 aromatic carbocycles. The van der Waals surface area contributed by atoms with Gasteiger partial charge >= 0.3 is 0 Å². The monoisotopic (exact) mass is 354 g/mol. The molecule has 2 aliphatic heterocycles. The molecule has 0 unspecified atom stereocenters. The van der Waals surface area contributed by atoms with Gasteiger partial charge in [0, 0.05) is 25.7 Å². The lowest BCUT2D eigenvalue weighted by Crippen LogP contribution is -2.40. The summed E-state index contributed by atoms with van der Waals surface area (Å²) in [5.41, 5.74) is 2.54. The Bertz CT molecular complexity index is 685. The van der Waals surface area contributed by atoms with E-state index in [4.69, 9.17) is 0 Å². The van der Waals surface area contributed by atoms with Crippen LogP contribution in [0.25, 0.3) is 0 Å². The predicted molar refractivity (Wildman–Crippen MR) is 103 cm³/mol. The summed E-state index contributed by atoms with van der Waals surface area (Å²) in [5.74, 6) is 0.934. The molecular formula is C21H26N2OS. The molecule has 1 amide bonds. The molecule has 2 fully saturated rings. The van der Waals surface area contributed by atoms with Gasteiger partial charge in [-0.1, -0.05) is 36.8 Å². The molecule has 0 aliphatic carbocycles. The topological polar surface area (TPSA) is 23.6 Å². The maximum Gasteiger partial charge on any atom is 0.227 e. The van der Waals surface area contributed by atoms with Gasteiger partial charge in [0.15, 0.2) is 0 Å². The summed E-state index contributed by atoms with van der Waals surface area (Å²) in [5, 5.41) is 4.14. The molecule has 0 spiro atoms. The van der Waals surface area contributed by atoms with E-state index < -0.39 is 0 Å². The first-order chi connectivity index (χ1) is 12.3. The summed E-state index contributed by atoms with van der Waals surface area (Å²) in [6, 6.07) is 13.3. The van der Waals surface area contributed by atoms with Crippen molar-refractivity contribution in [3.63, 3.8) is 0 Å². The number of amides is 1. The summed E-state index contributed by atoms with van der Waals surface area (Å²) in [6.07, 6.45) is 4.39. The Hall–Kier alpha value is -1.65. The van der Waals surface area contributed by atoms with E-state index in [1.807, 2.05) is 0 Å². The Kier molecular flexibility index (Phi) is 5.18.